The number of fused-ring (bicyclic) bond motifs is 10. The van der Waals surface area contributed by atoms with Crippen molar-refractivity contribution in [2.24, 2.45) is 0 Å². The number of hydrogen-bond acceptors (Lipinski definition) is 4. The summed E-state index contributed by atoms with van der Waals surface area (Å²) in [6.07, 6.45) is 14.8. The molecular formula is C49H45BN2O2S2. The molecular weight excluding hydrogens is 723 g/mol. The van der Waals surface area contributed by atoms with E-state index in [9.17, 15) is 0 Å². The molecule has 7 heterocycles. The Bertz CT molecular complexity index is 2770. The Morgan fingerprint density at radius 1 is 0.589 bits per heavy atom. The van der Waals surface area contributed by atoms with E-state index in [1.165, 1.54) is 105 Å². The topological polar surface area (TPSA) is 26.4 Å². The molecule has 1 atom stereocenters. The van der Waals surface area contributed by atoms with Crippen LogP contribution in [0.15, 0.2) is 108 Å². The zero-order valence-corrected chi connectivity index (χ0v) is 33.8. The van der Waals surface area contributed by atoms with Gasteiger partial charge in [0.05, 0.1) is 28.2 Å². The number of hydrogen-bond donors (Lipinski definition) is 0. The number of aryl methyl sites for hydroxylation is 2. The van der Waals surface area contributed by atoms with Crippen molar-refractivity contribution >= 4 is 57.8 Å². The highest BCUT2D eigenvalue weighted by atomic mass is 32.1. The van der Waals surface area contributed by atoms with Crippen molar-refractivity contribution < 1.29 is 13.8 Å². The fourth-order valence-electron chi connectivity index (χ4n) is 9.89. The van der Waals surface area contributed by atoms with Crippen molar-refractivity contribution in [2.75, 3.05) is 0 Å². The standard InChI is InChI=1S/C49H45BN2O2S2/c1-3-5-7-9-15-32-25-27-55-48(32)34-21-23-36-40(29-34)46-38-17-11-13-19-44(38)53-50-51(46)42(36)31-43-37-24-22-35(49-33(26-28-56-49)16-10-8-6-4-2)30-41(37)47(52(43)50)39-18-12-14-20-45(39)54-50/h11-14,17-31H,3-10,15-16H2,1-2H3. The van der Waals surface area contributed by atoms with E-state index < -0.39 is 6.82 Å². The second-order valence-corrected chi connectivity index (χ2v) is 17.7. The average Bonchev–Trinajstić information content (AvgIpc) is 4.03. The zero-order valence-electron chi connectivity index (χ0n) is 32.1. The monoisotopic (exact) mass is 768 g/mol. The lowest BCUT2D eigenvalue weighted by Gasteiger charge is -2.46. The number of aromatic nitrogens is 1. The minimum atomic E-state index is -2.28. The molecule has 4 aliphatic rings. The van der Waals surface area contributed by atoms with Gasteiger partial charge in [0.1, 0.15) is 0 Å². The Morgan fingerprint density at radius 2 is 1.21 bits per heavy atom. The van der Waals surface area contributed by atoms with Gasteiger partial charge in [-0.05, 0) is 113 Å². The normalized spacial score (nSPS) is 16.8. The van der Waals surface area contributed by atoms with E-state index in [4.69, 9.17) is 9.31 Å². The van der Waals surface area contributed by atoms with Crippen LogP contribution in [0.4, 0.5) is 0 Å². The molecule has 0 aliphatic carbocycles. The second kappa shape index (κ2) is 13.5. The number of para-hydroxylation sites is 2. The molecule has 4 aliphatic heterocycles. The van der Waals surface area contributed by atoms with Crippen LogP contribution in [0.5, 0.6) is 11.5 Å². The summed E-state index contributed by atoms with van der Waals surface area (Å²) in [5, 5.41) is 6.99. The number of rotatable bonds is 12. The largest absolute Gasteiger partial charge is 0.780 e. The third-order valence-corrected chi connectivity index (χ3v) is 14.5. The smallest absolute Gasteiger partial charge is 0.601 e. The summed E-state index contributed by atoms with van der Waals surface area (Å²) >= 11 is 3.73. The maximum absolute atomic E-state index is 7.37. The summed E-state index contributed by atoms with van der Waals surface area (Å²) in [4.78, 5) is 2.77. The molecule has 0 amide bonds. The fourth-order valence-corrected chi connectivity index (χ4v) is 11.8. The Kier molecular flexibility index (Phi) is 8.26. The molecule has 1 unspecified atom stereocenters. The number of unbranched alkanes of at least 4 members (excludes halogenated alkanes) is 6. The predicted octanol–water partition coefficient (Wildman–Crippen LogP) is 13.5. The molecule has 3 aromatic heterocycles. The van der Waals surface area contributed by atoms with Gasteiger partial charge in [-0.3, -0.25) is 0 Å². The molecule has 1 spiro atoms. The quantitative estimate of drug-likeness (QED) is 0.0914. The highest BCUT2D eigenvalue weighted by Crippen LogP contribution is 2.54. The summed E-state index contributed by atoms with van der Waals surface area (Å²) < 4.78 is 19.6. The highest BCUT2D eigenvalue weighted by Gasteiger charge is 2.64. The maximum Gasteiger partial charge on any atom is 0.780 e. The number of benzene rings is 4. The second-order valence-electron chi connectivity index (χ2n) is 15.9. The van der Waals surface area contributed by atoms with Crippen LogP contribution in [0.25, 0.3) is 54.7 Å². The molecule has 7 aromatic rings. The Hall–Kier alpha value is -5.11. The summed E-state index contributed by atoms with van der Waals surface area (Å²) in [5.41, 5.74) is 14.8. The summed E-state index contributed by atoms with van der Waals surface area (Å²) in [5.74, 6) is 1.71. The zero-order chi connectivity index (χ0) is 37.4. The highest BCUT2D eigenvalue weighted by molar-refractivity contribution is 7.14. The molecule has 0 N–H and O–H groups in total. The first kappa shape index (κ1) is 34.2. The van der Waals surface area contributed by atoms with Gasteiger partial charge < -0.3 is 18.3 Å². The van der Waals surface area contributed by atoms with Crippen LogP contribution in [-0.4, -0.2) is 21.5 Å². The van der Waals surface area contributed by atoms with Crippen molar-refractivity contribution in [2.45, 2.75) is 78.1 Å². The fraction of sp³-hybridized carbons (Fsp3) is 0.245. The summed E-state index contributed by atoms with van der Waals surface area (Å²) in [7, 11) is 0. The molecule has 11 rings (SSSR count). The van der Waals surface area contributed by atoms with Gasteiger partial charge in [0, 0.05) is 43.6 Å². The minimum Gasteiger partial charge on any atom is -0.601 e. The van der Waals surface area contributed by atoms with Gasteiger partial charge >= 0.3 is 6.82 Å². The third-order valence-electron chi connectivity index (χ3n) is 12.5. The molecule has 0 saturated carbocycles. The van der Waals surface area contributed by atoms with Crippen molar-refractivity contribution in [3.05, 3.63) is 141 Å². The van der Waals surface area contributed by atoms with Crippen LogP contribution in [0.2, 0.25) is 0 Å². The molecule has 0 fully saturated rings. The first-order valence-corrected chi connectivity index (χ1v) is 22.5. The van der Waals surface area contributed by atoms with Crippen LogP contribution >= 0.6 is 22.7 Å². The summed E-state index contributed by atoms with van der Waals surface area (Å²) in [6.45, 7) is 2.29. The van der Waals surface area contributed by atoms with Crippen molar-refractivity contribution in [3.8, 4) is 43.6 Å². The Labute approximate surface area is 337 Å². The first-order valence-electron chi connectivity index (χ1n) is 20.7. The van der Waals surface area contributed by atoms with Gasteiger partial charge in [-0.15, -0.1) is 22.7 Å². The lowest BCUT2D eigenvalue weighted by atomic mass is 9.77. The molecule has 4 nitrogen and oxygen atoms in total. The number of thiophene rings is 2. The van der Waals surface area contributed by atoms with Crippen LogP contribution in [-0.2, 0) is 12.8 Å². The van der Waals surface area contributed by atoms with Crippen LogP contribution in [0, 0.1) is 0 Å². The molecule has 56 heavy (non-hydrogen) atoms. The lowest BCUT2D eigenvalue weighted by molar-refractivity contribution is -0.330. The van der Waals surface area contributed by atoms with Crippen molar-refractivity contribution in [1.82, 2.24) is 4.48 Å². The van der Waals surface area contributed by atoms with Gasteiger partial charge in [-0.1, -0.05) is 94.8 Å². The van der Waals surface area contributed by atoms with Gasteiger partial charge in [-0.25, -0.2) is 0 Å². The van der Waals surface area contributed by atoms with Crippen LogP contribution in [0.3, 0.4) is 0 Å². The van der Waals surface area contributed by atoms with E-state index >= 15 is 0 Å². The van der Waals surface area contributed by atoms with E-state index in [0.29, 0.717) is 0 Å². The predicted molar refractivity (Wildman–Crippen MR) is 236 cm³/mol. The van der Waals surface area contributed by atoms with Crippen LogP contribution < -0.4 is 9.31 Å². The SMILES string of the molecule is CCCCCCc1ccsc1-c1ccc2c(c1)C1=[N+]3C2=Cc2c4ccc(-c5sccc5CCCCCC)cc4c4n2[B-]3(Oc2ccccc21)Oc1ccccc1-4. The van der Waals surface area contributed by atoms with Gasteiger partial charge in [-0.2, -0.15) is 0 Å². The van der Waals surface area contributed by atoms with Crippen molar-refractivity contribution in [3.63, 3.8) is 0 Å². The maximum atomic E-state index is 7.37. The van der Waals surface area contributed by atoms with Gasteiger partial charge in [0.25, 0.3) is 0 Å². The Morgan fingerprint density at radius 3 is 1.91 bits per heavy atom. The van der Waals surface area contributed by atoms with E-state index in [0.717, 1.165) is 58.3 Å². The molecule has 278 valence electrons. The molecule has 0 bridgehead atoms. The molecule has 4 aromatic carbocycles. The molecule has 7 heteroatoms. The van der Waals surface area contributed by atoms with Crippen LogP contribution in [0.1, 0.15) is 98.7 Å². The van der Waals surface area contributed by atoms with Gasteiger partial charge in [0.15, 0.2) is 11.4 Å². The van der Waals surface area contributed by atoms with E-state index in [1.54, 1.807) is 0 Å². The van der Waals surface area contributed by atoms with Gasteiger partial charge in [0.2, 0.25) is 0 Å². The van der Waals surface area contributed by atoms with E-state index in [2.05, 4.69) is 137 Å². The third kappa shape index (κ3) is 5.06. The lowest BCUT2D eigenvalue weighted by Crippen LogP contribution is -2.69. The summed E-state index contributed by atoms with van der Waals surface area (Å²) in [6, 6.07) is 36.0. The Balaban J connectivity index is 1.12. The van der Waals surface area contributed by atoms with Crippen molar-refractivity contribution in [1.29, 1.82) is 0 Å². The van der Waals surface area contributed by atoms with E-state index in [-0.39, 0.29) is 0 Å². The molecule has 0 radical (unpaired) electrons. The first-order chi connectivity index (χ1) is 27.7. The minimum absolute atomic E-state index is 0.854. The number of nitrogens with zero attached hydrogens (tertiary/aromatic N) is 2. The van der Waals surface area contributed by atoms with E-state index in [1.807, 2.05) is 22.7 Å². The average molecular weight is 769 g/mol. The molecule has 0 saturated heterocycles.